The van der Waals surface area contributed by atoms with E-state index in [0.717, 1.165) is 23.7 Å². The summed E-state index contributed by atoms with van der Waals surface area (Å²) >= 11 is 0. The van der Waals surface area contributed by atoms with Gasteiger partial charge in [0.2, 0.25) is 16.0 Å². The summed E-state index contributed by atoms with van der Waals surface area (Å²) in [6.07, 6.45) is 2.94. The second-order valence-corrected chi connectivity index (χ2v) is 6.63. The molecule has 1 aliphatic heterocycles. The highest BCUT2D eigenvalue weighted by molar-refractivity contribution is 7.89. The molecule has 0 aromatic carbocycles. The number of sulfonamides is 1. The van der Waals surface area contributed by atoms with Gasteiger partial charge in [-0.1, -0.05) is 6.92 Å². The number of aromatic nitrogens is 2. The van der Waals surface area contributed by atoms with Gasteiger partial charge in [0.05, 0.1) is 6.20 Å². The molecule has 0 spiro atoms. The highest BCUT2D eigenvalue weighted by atomic mass is 32.2. The third kappa shape index (κ3) is 2.29. The summed E-state index contributed by atoms with van der Waals surface area (Å²) in [6.45, 7) is 4.96. The average Bonchev–Trinajstić information content (AvgIpc) is 2.71. The van der Waals surface area contributed by atoms with Crippen molar-refractivity contribution in [2.24, 2.45) is 5.92 Å². The molecule has 1 saturated heterocycles. The Bertz CT molecular complexity index is 526. The van der Waals surface area contributed by atoms with Crippen LogP contribution >= 0.6 is 0 Å². The fraction of sp³-hybridized carbons (Fsp3) is 0.727. The normalized spacial score (nSPS) is 22.3. The summed E-state index contributed by atoms with van der Waals surface area (Å²) in [7, 11) is -3.74. The van der Waals surface area contributed by atoms with E-state index in [-0.39, 0.29) is 4.90 Å². The first-order valence-electron chi connectivity index (χ1n) is 6.18. The van der Waals surface area contributed by atoms with Gasteiger partial charge in [0.25, 0.3) is 0 Å². The molecule has 0 bridgehead atoms. The number of halogens is 1. The molecule has 7 heteroatoms. The fourth-order valence-corrected chi connectivity index (χ4v) is 3.85. The summed E-state index contributed by atoms with van der Waals surface area (Å²) in [6, 6.07) is 0. The van der Waals surface area contributed by atoms with E-state index in [0.29, 0.717) is 25.6 Å². The van der Waals surface area contributed by atoms with Crippen molar-refractivity contribution in [3.8, 4) is 0 Å². The molecular formula is C11H18FN3O2S. The molecule has 102 valence electrons. The Balaban J connectivity index is 2.32. The van der Waals surface area contributed by atoms with Crippen LogP contribution in [0.25, 0.3) is 0 Å². The Hall–Kier alpha value is -0.950. The smallest absolute Gasteiger partial charge is 0.239 e. The van der Waals surface area contributed by atoms with Crippen molar-refractivity contribution >= 4 is 10.0 Å². The third-order valence-electron chi connectivity index (χ3n) is 3.28. The van der Waals surface area contributed by atoms with Gasteiger partial charge in [0.15, 0.2) is 4.90 Å². The van der Waals surface area contributed by atoms with Crippen LogP contribution < -0.4 is 0 Å². The quantitative estimate of drug-likeness (QED) is 0.839. The molecule has 1 atom stereocenters. The SMILES string of the molecule is CCn1ncc(S(=O)(=O)N2CCC[C@H](C)C2)c1F. The maximum absolute atomic E-state index is 13.9. The van der Waals surface area contributed by atoms with Crippen LogP contribution in [0.4, 0.5) is 4.39 Å². The summed E-state index contributed by atoms with van der Waals surface area (Å²) in [5.74, 6) is -0.450. The number of hydrogen-bond donors (Lipinski definition) is 0. The lowest BCUT2D eigenvalue weighted by atomic mass is 10.0. The lowest BCUT2D eigenvalue weighted by Gasteiger charge is -2.29. The molecule has 0 N–H and O–H groups in total. The number of piperidine rings is 1. The van der Waals surface area contributed by atoms with Crippen molar-refractivity contribution in [2.75, 3.05) is 13.1 Å². The molecule has 1 aliphatic rings. The Morgan fingerprint density at radius 2 is 2.28 bits per heavy atom. The zero-order chi connectivity index (χ0) is 13.3. The van der Waals surface area contributed by atoms with Crippen molar-refractivity contribution in [3.05, 3.63) is 12.1 Å². The summed E-state index contributed by atoms with van der Waals surface area (Å²) in [4.78, 5) is -0.307. The highest BCUT2D eigenvalue weighted by Gasteiger charge is 2.32. The molecule has 1 fully saturated rings. The van der Waals surface area contributed by atoms with Crippen LogP contribution in [0.5, 0.6) is 0 Å². The van der Waals surface area contributed by atoms with E-state index in [1.54, 1.807) is 6.92 Å². The first-order valence-corrected chi connectivity index (χ1v) is 7.62. The van der Waals surface area contributed by atoms with E-state index in [9.17, 15) is 12.8 Å². The monoisotopic (exact) mass is 275 g/mol. The van der Waals surface area contributed by atoms with Gasteiger partial charge in [-0.15, -0.1) is 0 Å². The molecule has 0 saturated carbocycles. The first kappa shape index (κ1) is 13.5. The molecule has 2 rings (SSSR count). The lowest BCUT2D eigenvalue weighted by Crippen LogP contribution is -2.39. The Morgan fingerprint density at radius 3 is 2.83 bits per heavy atom. The van der Waals surface area contributed by atoms with Gasteiger partial charge in [0, 0.05) is 19.6 Å². The van der Waals surface area contributed by atoms with Gasteiger partial charge in [-0.2, -0.15) is 13.8 Å². The van der Waals surface area contributed by atoms with Gasteiger partial charge in [0.1, 0.15) is 0 Å². The third-order valence-corrected chi connectivity index (χ3v) is 5.12. The minimum absolute atomic E-state index is 0.307. The summed E-state index contributed by atoms with van der Waals surface area (Å²) in [5, 5.41) is 3.75. The Morgan fingerprint density at radius 1 is 1.56 bits per heavy atom. The number of hydrogen-bond acceptors (Lipinski definition) is 3. The lowest BCUT2D eigenvalue weighted by molar-refractivity contribution is 0.280. The van der Waals surface area contributed by atoms with Gasteiger partial charge >= 0.3 is 0 Å². The standard InChI is InChI=1S/C11H18FN3O2S/c1-3-15-11(12)10(7-13-15)18(16,17)14-6-4-5-9(2)8-14/h7,9H,3-6,8H2,1-2H3/t9-/m0/s1. The minimum Gasteiger partial charge on any atom is -0.239 e. The van der Waals surface area contributed by atoms with Crippen LogP contribution in [0.3, 0.4) is 0 Å². The molecule has 1 aromatic heterocycles. The minimum atomic E-state index is -3.74. The van der Waals surface area contributed by atoms with E-state index in [1.807, 2.05) is 6.92 Å². The van der Waals surface area contributed by atoms with Crippen LogP contribution in [0.1, 0.15) is 26.7 Å². The Labute approximate surface area is 107 Å². The summed E-state index contributed by atoms with van der Waals surface area (Å²) < 4.78 is 40.9. The molecule has 2 heterocycles. The fourth-order valence-electron chi connectivity index (χ4n) is 2.25. The van der Waals surface area contributed by atoms with Crippen molar-refractivity contribution in [3.63, 3.8) is 0 Å². The molecule has 0 aliphatic carbocycles. The predicted octanol–water partition coefficient (Wildman–Crippen LogP) is 1.46. The van der Waals surface area contributed by atoms with Gasteiger partial charge in [-0.05, 0) is 25.7 Å². The average molecular weight is 275 g/mol. The van der Waals surface area contributed by atoms with E-state index >= 15 is 0 Å². The largest absolute Gasteiger partial charge is 0.249 e. The number of rotatable bonds is 3. The van der Waals surface area contributed by atoms with E-state index in [2.05, 4.69) is 5.10 Å². The van der Waals surface area contributed by atoms with E-state index in [4.69, 9.17) is 0 Å². The number of aryl methyl sites for hydroxylation is 1. The second-order valence-electron chi connectivity index (χ2n) is 4.73. The van der Waals surface area contributed by atoms with Crippen LogP contribution in [0.2, 0.25) is 0 Å². The first-order chi connectivity index (χ1) is 8.46. The molecule has 1 aromatic rings. The molecule has 18 heavy (non-hydrogen) atoms. The van der Waals surface area contributed by atoms with Crippen LogP contribution in [-0.4, -0.2) is 35.6 Å². The maximum Gasteiger partial charge on any atom is 0.249 e. The molecule has 0 unspecified atom stereocenters. The van der Waals surface area contributed by atoms with Crippen molar-refractivity contribution in [2.45, 2.75) is 38.1 Å². The Kier molecular flexibility index (Phi) is 3.72. The molecule has 0 amide bonds. The second kappa shape index (κ2) is 4.97. The van der Waals surface area contributed by atoms with Crippen molar-refractivity contribution in [1.82, 2.24) is 14.1 Å². The molecular weight excluding hydrogens is 257 g/mol. The van der Waals surface area contributed by atoms with Crippen LogP contribution in [-0.2, 0) is 16.6 Å². The van der Waals surface area contributed by atoms with Gasteiger partial charge < -0.3 is 0 Å². The van der Waals surface area contributed by atoms with E-state index in [1.165, 1.54) is 4.31 Å². The van der Waals surface area contributed by atoms with Gasteiger partial charge in [-0.25, -0.2) is 13.1 Å². The topological polar surface area (TPSA) is 55.2 Å². The zero-order valence-corrected chi connectivity index (χ0v) is 11.5. The van der Waals surface area contributed by atoms with Crippen LogP contribution in [0.15, 0.2) is 11.1 Å². The van der Waals surface area contributed by atoms with E-state index < -0.39 is 16.0 Å². The van der Waals surface area contributed by atoms with Gasteiger partial charge in [-0.3, -0.25) is 0 Å². The maximum atomic E-state index is 13.9. The molecule has 5 nitrogen and oxygen atoms in total. The molecule has 0 radical (unpaired) electrons. The number of nitrogens with zero attached hydrogens (tertiary/aromatic N) is 3. The van der Waals surface area contributed by atoms with Crippen LogP contribution in [0, 0.1) is 11.9 Å². The van der Waals surface area contributed by atoms with Crippen molar-refractivity contribution < 1.29 is 12.8 Å². The zero-order valence-electron chi connectivity index (χ0n) is 10.6. The van der Waals surface area contributed by atoms with Crippen molar-refractivity contribution in [1.29, 1.82) is 0 Å². The highest BCUT2D eigenvalue weighted by Crippen LogP contribution is 2.24. The summed E-state index contributed by atoms with van der Waals surface area (Å²) in [5.41, 5.74) is 0. The predicted molar refractivity (Wildman–Crippen MR) is 65.0 cm³/mol.